The molecule has 1 aromatic rings. The number of benzene rings is 1. The molecule has 0 bridgehead atoms. The zero-order chi connectivity index (χ0) is 12.1. The molecule has 0 aliphatic heterocycles. The van der Waals surface area contributed by atoms with E-state index in [9.17, 15) is 8.78 Å². The Hall–Kier alpha value is -1.36. The van der Waals surface area contributed by atoms with Gasteiger partial charge in [-0.2, -0.15) is 4.39 Å². The molecule has 1 rings (SSSR count). The first-order chi connectivity index (χ1) is 7.65. The first-order valence-electron chi connectivity index (χ1n) is 4.89. The Morgan fingerprint density at radius 2 is 1.81 bits per heavy atom. The third kappa shape index (κ3) is 2.41. The maximum Gasteiger partial charge on any atom is 0.204 e. The van der Waals surface area contributed by atoms with Gasteiger partial charge in [0.15, 0.2) is 17.3 Å². The highest BCUT2D eigenvalue weighted by Crippen LogP contribution is 2.35. The predicted octanol–water partition coefficient (Wildman–Crippen LogP) is 1.74. The lowest BCUT2D eigenvalue weighted by molar-refractivity contribution is 0.325. The smallest absolute Gasteiger partial charge is 0.204 e. The van der Waals surface area contributed by atoms with E-state index in [0.29, 0.717) is 18.5 Å². The van der Waals surface area contributed by atoms with Crippen molar-refractivity contribution >= 4 is 0 Å². The van der Waals surface area contributed by atoms with E-state index in [-0.39, 0.29) is 11.5 Å². The molecule has 0 atom stereocenters. The summed E-state index contributed by atoms with van der Waals surface area (Å²) in [5, 5.41) is 2.93. The molecule has 0 heterocycles. The van der Waals surface area contributed by atoms with Gasteiger partial charge in [0.05, 0.1) is 14.2 Å². The van der Waals surface area contributed by atoms with Crippen LogP contribution in [0.4, 0.5) is 8.78 Å². The van der Waals surface area contributed by atoms with Crippen LogP contribution in [0.25, 0.3) is 0 Å². The fourth-order valence-corrected chi connectivity index (χ4v) is 1.49. The zero-order valence-corrected chi connectivity index (χ0v) is 9.56. The summed E-state index contributed by atoms with van der Waals surface area (Å²) in [7, 11) is 4.46. The normalized spacial score (nSPS) is 10.3. The maximum atomic E-state index is 13.4. The summed E-state index contributed by atoms with van der Waals surface area (Å²) < 4.78 is 36.4. The van der Waals surface area contributed by atoms with E-state index in [0.717, 1.165) is 6.07 Å². The number of likely N-dealkylation sites (N-methyl/N-ethyl adjacent to an activating group) is 1. The summed E-state index contributed by atoms with van der Waals surface area (Å²) in [6, 6.07) is 1.13. The van der Waals surface area contributed by atoms with Crippen LogP contribution in [0.15, 0.2) is 6.07 Å². The van der Waals surface area contributed by atoms with E-state index in [1.54, 1.807) is 7.05 Å². The molecular formula is C11H15F2NO2. The highest BCUT2D eigenvalue weighted by Gasteiger charge is 2.19. The molecule has 0 unspecified atom stereocenters. The Balaban J connectivity index is 3.20. The molecule has 3 nitrogen and oxygen atoms in total. The summed E-state index contributed by atoms with van der Waals surface area (Å²) in [5.74, 6) is -1.89. The molecular weight excluding hydrogens is 216 g/mol. The fraction of sp³-hybridized carbons (Fsp3) is 0.455. The lowest BCUT2D eigenvalue weighted by atomic mass is 10.1. The number of hydrogen-bond donors (Lipinski definition) is 1. The molecule has 0 aliphatic rings. The van der Waals surface area contributed by atoms with E-state index in [1.807, 2.05) is 0 Å². The van der Waals surface area contributed by atoms with Gasteiger partial charge in [-0.25, -0.2) is 4.39 Å². The summed E-state index contributed by atoms with van der Waals surface area (Å²) in [4.78, 5) is 0. The van der Waals surface area contributed by atoms with Gasteiger partial charge in [0.25, 0.3) is 0 Å². The van der Waals surface area contributed by atoms with Crippen molar-refractivity contribution in [1.82, 2.24) is 5.32 Å². The molecule has 0 spiro atoms. The molecule has 1 N–H and O–H groups in total. The predicted molar refractivity (Wildman–Crippen MR) is 57.1 cm³/mol. The summed E-state index contributed by atoms with van der Waals surface area (Å²) in [6.07, 6.45) is 0.535. The monoisotopic (exact) mass is 231 g/mol. The van der Waals surface area contributed by atoms with Crippen LogP contribution in [-0.2, 0) is 6.42 Å². The van der Waals surface area contributed by atoms with Gasteiger partial charge < -0.3 is 14.8 Å². The highest BCUT2D eigenvalue weighted by molar-refractivity contribution is 5.48. The average molecular weight is 231 g/mol. The van der Waals surface area contributed by atoms with Gasteiger partial charge in [0, 0.05) is 5.56 Å². The number of rotatable bonds is 5. The molecule has 90 valence electrons. The number of ether oxygens (including phenoxy) is 2. The molecule has 0 aromatic heterocycles. The zero-order valence-electron chi connectivity index (χ0n) is 9.56. The topological polar surface area (TPSA) is 30.5 Å². The van der Waals surface area contributed by atoms with Gasteiger partial charge in [0.2, 0.25) is 5.82 Å². The van der Waals surface area contributed by atoms with Crippen molar-refractivity contribution < 1.29 is 18.3 Å². The van der Waals surface area contributed by atoms with Crippen LogP contribution in [0.3, 0.4) is 0 Å². The lowest BCUT2D eigenvalue weighted by Gasteiger charge is -2.13. The molecule has 0 aliphatic carbocycles. The van der Waals surface area contributed by atoms with E-state index in [1.165, 1.54) is 14.2 Å². The Kier molecular flexibility index (Phi) is 4.49. The van der Waals surface area contributed by atoms with Gasteiger partial charge in [-0.1, -0.05) is 0 Å². The fourth-order valence-electron chi connectivity index (χ4n) is 1.49. The van der Waals surface area contributed by atoms with Crippen LogP contribution in [0.5, 0.6) is 11.5 Å². The number of methoxy groups -OCH3 is 2. The van der Waals surface area contributed by atoms with Gasteiger partial charge in [0.1, 0.15) is 0 Å². The Labute approximate surface area is 93.4 Å². The molecule has 5 heteroatoms. The third-order valence-corrected chi connectivity index (χ3v) is 2.26. The molecule has 0 saturated heterocycles. The molecule has 0 fully saturated rings. The standard InChI is InChI=1S/C11H15F2NO2/c1-14-5-4-7-6-8(12)9(13)11(16-3)10(7)15-2/h6,14H,4-5H2,1-3H3. The second kappa shape index (κ2) is 5.65. The molecule has 0 radical (unpaired) electrons. The van der Waals surface area contributed by atoms with E-state index in [4.69, 9.17) is 9.47 Å². The average Bonchev–Trinajstić information content (AvgIpc) is 2.29. The minimum absolute atomic E-state index is 0.186. The molecule has 1 aromatic carbocycles. The van der Waals surface area contributed by atoms with E-state index >= 15 is 0 Å². The Bertz CT molecular complexity index is 369. The van der Waals surface area contributed by atoms with E-state index in [2.05, 4.69) is 5.32 Å². The van der Waals surface area contributed by atoms with Crippen LogP contribution in [0.2, 0.25) is 0 Å². The van der Waals surface area contributed by atoms with Gasteiger partial charge in [-0.15, -0.1) is 0 Å². The second-order valence-corrected chi connectivity index (χ2v) is 3.25. The van der Waals surface area contributed by atoms with Crippen LogP contribution in [0, 0.1) is 11.6 Å². The van der Waals surface area contributed by atoms with Gasteiger partial charge in [-0.05, 0) is 26.1 Å². The van der Waals surface area contributed by atoms with Crippen LogP contribution in [0.1, 0.15) is 5.56 Å². The SMILES string of the molecule is CNCCc1cc(F)c(F)c(OC)c1OC. The van der Waals surface area contributed by atoms with E-state index < -0.39 is 11.6 Å². The van der Waals surface area contributed by atoms with Gasteiger partial charge >= 0.3 is 0 Å². The van der Waals surface area contributed by atoms with Gasteiger partial charge in [-0.3, -0.25) is 0 Å². The highest BCUT2D eigenvalue weighted by atomic mass is 19.2. The first-order valence-corrected chi connectivity index (χ1v) is 4.89. The molecule has 0 amide bonds. The molecule has 0 saturated carbocycles. The number of hydrogen-bond acceptors (Lipinski definition) is 3. The van der Waals surface area contributed by atoms with Crippen LogP contribution >= 0.6 is 0 Å². The van der Waals surface area contributed by atoms with Crippen LogP contribution < -0.4 is 14.8 Å². The summed E-state index contributed by atoms with van der Waals surface area (Å²) in [5.41, 5.74) is 0.576. The first kappa shape index (κ1) is 12.7. The largest absolute Gasteiger partial charge is 0.492 e. The number of nitrogens with one attached hydrogen (secondary N) is 1. The number of halogens is 2. The Morgan fingerprint density at radius 1 is 1.19 bits per heavy atom. The third-order valence-electron chi connectivity index (χ3n) is 2.26. The van der Waals surface area contributed by atoms with Crippen molar-refractivity contribution in [2.45, 2.75) is 6.42 Å². The summed E-state index contributed by atoms with van der Waals surface area (Å²) >= 11 is 0. The summed E-state index contributed by atoms with van der Waals surface area (Å²) in [6.45, 7) is 0.643. The van der Waals surface area contributed by atoms with Crippen molar-refractivity contribution in [3.8, 4) is 11.5 Å². The minimum atomic E-state index is -1.02. The van der Waals surface area contributed by atoms with Crippen molar-refractivity contribution in [2.75, 3.05) is 27.8 Å². The lowest BCUT2D eigenvalue weighted by Crippen LogP contribution is -2.12. The second-order valence-electron chi connectivity index (χ2n) is 3.25. The quantitative estimate of drug-likeness (QED) is 0.837. The van der Waals surface area contributed by atoms with Crippen LogP contribution in [-0.4, -0.2) is 27.8 Å². The molecule has 16 heavy (non-hydrogen) atoms. The Morgan fingerprint density at radius 3 is 2.31 bits per heavy atom. The maximum absolute atomic E-state index is 13.4. The van der Waals surface area contributed by atoms with Crippen molar-refractivity contribution in [1.29, 1.82) is 0 Å². The van der Waals surface area contributed by atoms with Crippen molar-refractivity contribution in [3.05, 3.63) is 23.3 Å². The van der Waals surface area contributed by atoms with Crippen molar-refractivity contribution in [3.63, 3.8) is 0 Å². The minimum Gasteiger partial charge on any atom is -0.492 e. The van der Waals surface area contributed by atoms with Crippen molar-refractivity contribution in [2.24, 2.45) is 0 Å².